The van der Waals surface area contributed by atoms with Crippen molar-refractivity contribution in [2.24, 2.45) is 0 Å². The number of hydrogen-bond donors (Lipinski definition) is 2. The molecule has 0 aliphatic rings. The van der Waals surface area contributed by atoms with Gasteiger partial charge in [-0.3, -0.25) is 4.79 Å². The number of carbonyl (C=O) groups excluding carboxylic acids is 2. The molecule has 0 spiro atoms. The average molecular weight is 392 g/mol. The number of benzene rings is 1. The Kier molecular flexibility index (Phi) is 6.57. The van der Waals surface area contributed by atoms with E-state index in [0.717, 1.165) is 5.56 Å². The number of rotatable bonds is 7. The molecular weight excluding hydrogens is 368 g/mol. The van der Waals surface area contributed by atoms with E-state index in [2.05, 4.69) is 20.7 Å². The molecule has 0 aliphatic heterocycles. The summed E-state index contributed by atoms with van der Waals surface area (Å²) < 4.78 is 1.66. The van der Waals surface area contributed by atoms with E-state index in [9.17, 15) is 9.59 Å². The van der Waals surface area contributed by atoms with Gasteiger partial charge in [-0.25, -0.2) is 14.5 Å². The predicted octanol–water partition coefficient (Wildman–Crippen LogP) is 3.07. The topological polar surface area (TPSA) is 92.2 Å². The van der Waals surface area contributed by atoms with E-state index in [1.165, 1.54) is 0 Å². The Bertz CT molecular complexity index is 950. The lowest BCUT2D eigenvalue weighted by atomic mass is 10.2. The highest BCUT2D eigenvalue weighted by atomic mass is 16.2. The molecule has 3 aromatic rings. The molecule has 0 aliphatic carbocycles. The average Bonchev–Trinajstić information content (AvgIpc) is 3.29. The predicted molar refractivity (Wildman–Crippen MR) is 111 cm³/mol. The molecule has 0 unspecified atom stereocenters. The van der Waals surface area contributed by atoms with E-state index < -0.39 is 0 Å². The molecule has 2 aromatic heterocycles. The largest absolute Gasteiger partial charge is 0.339 e. The number of urea groups is 1. The normalized spacial score (nSPS) is 10.4. The molecule has 3 amide bonds. The van der Waals surface area contributed by atoms with Crippen molar-refractivity contribution in [1.29, 1.82) is 0 Å². The van der Waals surface area contributed by atoms with Gasteiger partial charge in [0.25, 0.3) is 5.91 Å². The Morgan fingerprint density at radius 2 is 1.83 bits per heavy atom. The number of amides is 3. The molecule has 2 heterocycles. The van der Waals surface area contributed by atoms with Crippen LogP contribution < -0.4 is 10.6 Å². The van der Waals surface area contributed by atoms with Crippen LogP contribution in [0.15, 0.2) is 61.1 Å². The third kappa shape index (κ3) is 5.19. The van der Waals surface area contributed by atoms with Crippen molar-refractivity contribution in [3.05, 3.63) is 72.2 Å². The summed E-state index contributed by atoms with van der Waals surface area (Å²) in [5.41, 5.74) is 2.12. The van der Waals surface area contributed by atoms with Crippen LogP contribution in [0.1, 0.15) is 29.8 Å². The van der Waals surface area contributed by atoms with Crippen molar-refractivity contribution < 1.29 is 9.59 Å². The zero-order valence-corrected chi connectivity index (χ0v) is 16.5. The van der Waals surface area contributed by atoms with E-state index in [-0.39, 0.29) is 11.9 Å². The summed E-state index contributed by atoms with van der Waals surface area (Å²) in [6.07, 6.45) is 5.17. The number of aromatic nitrogens is 3. The van der Waals surface area contributed by atoms with E-state index in [4.69, 9.17) is 0 Å². The zero-order chi connectivity index (χ0) is 20.6. The fraction of sp³-hybridized carbons (Fsp3) is 0.238. The molecule has 8 heteroatoms. The lowest BCUT2D eigenvalue weighted by molar-refractivity contribution is 0.0773. The Hall–Kier alpha value is -3.68. The molecule has 0 saturated carbocycles. The molecule has 0 bridgehead atoms. The zero-order valence-electron chi connectivity index (χ0n) is 16.5. The second-order valence-corrected chi connectivity index (χ2v) is 6.34. The Labute approximate surface area is 169 Å². The summed E-state index contributed by atoms with van der Waals surface area (Å²) in [4.78, 5) is 30.5. The van der Waals surface area contributed by atoms with Crippen LogP contribution in [-0.2, 0) is 6.54 Å². The van der Waals surface area contributed by atoms with Gasteiger partial charge < -0.3 is 15.5 Å². The van der Waals surface area contributed by atoms with Gasteiger partial charge in [-0.1, -0.05) is 0 Å². The summed E-state index contributed by atoms with van der Waals surface area (Å²) in [6, 6.07) is 12.1. The number of carbonyl (C=O) groups is 2. The SMILES string of the molecule is CCN(CC)C(=O)c1ccc(NC(=O)NCc2ccnc(-n3cccn3)c2)cc1. The maximum Gasteiger partial charge on any atom is 0.319 e. The Balaban J connectivity index is 1.55. The third-order valence-electron chi connectivity index (χ3n) is 4.44. The van der Waals surface area contributed by atoms with Crippen molar-refractivity contribution in [1.82, 2.24) is 25.0 Å². The molecule has 0 saturated heterocycles. The van der Waals surface area contributed by atoms with Crippen LogP contribution in [0.5, 0.6) is 0 Å². The van der Waals surface area contributed by atoms with Gasteiger partial charge in [0.15, 0.2) is 5.82 Å². The van der Waals surface area contributed by atoms with E-state index >= 15 is 0 Å². The highest BCUT2D eigenvalue weighted by Gasteiger charge is 2.12. The van der Waals surface area contributed by atoms with E-state index in [1.54, 1.807) is 52.4 Å². The molecule has 0 atom stereocenters. The monoisotopic (exact) mass is 392 g/mol. The molecule has 0 radical (unpaired) electrons. The number of pyridine rings is 1. The maximum absolute atomic E-state index is 12.3. The van der Waals surface area contributed by atoms with Crippen LogP contribution in [0.25, 0.3) is 5.82 Å². The molecule has 8 nitrogen and oxygen atoms in total. The molecule has 3 rings (SSSR count). The van der Waals surface area contributed by atoms with Gasteiger partial charge in [0, 0.05) is 49.5 Å². The second kappa shape index (κ2) is 9.50. The molecule has 2 N–H and O–H groups in total. The van der Waals surface area contributed by atoms with Gasteiger partial charge in [0.1, 0.15) is 0 Å². The van der Waals surface area contributed by atoms with Crippen LogP contribution in [-0.4, -0.2) is 44.7 Å². The van der Waals surface area contributed by atoms with Crippen molar-refractivity contribution in [3.8, 4) is 5.82 Å². The van der Waals surface area contributed by atoms with Gasteiger partial charge in [0.2, 0.25) is 0 Å². The quantitative estimate of drug-likeness (QED) is 0.646. The first-order valence-corrected chi connectivity index (χ1v) is 9.49. The van der Waals surface area contributed by atoms with Crippen molar-refractivity contribution in [2.45, 2.75) is 20.4 Å². The minimum atomic E-state index is -0.328. The van der Waals surface area contributed by atoms with Crippen LogP contribution in [0.4, 0.5) is 10.5 Å². The molecule has 1 aromatic carbocycles. The van der Waals surface area contributed by atoms with E-state index in [0.29, 0.717) is 36.7 Å². The van der Waals surface area contributed by atoms with Crippen LogP contribution >= 0.6 is 0 Å². The lowest BCUT2D eigenvalue weighted by Crippen LogP contribution is -2.30. The number of anilines is 1. The maximum atomic E-state index is 12.3. The number of nitrogens with one attached hydrogen (secondary N) is 2. The highest BCUT2D eigenvalue weighted by Crippen LogP contribution is 2.12. The van der Waals surface area contributed by atoms with Crippen LogP contribution in [0.3, 0.4) is 0 Å². The van der Waals surface area contributed by atoms with Gasteiger partial charge in [0.05, 0.1) is 0 Å². The fourth-order valence-electron chi connectivity index (χ4n) is 2.85. The lowest BCUT2D eigenvalue weighted by Gasteiger charge is -2.18. The van der Waals surface area contributed by atoms with Crippen LogP contribution in [0.2, 0.25) is 0 Å². The van der Waals surface area contributed by atoms with Crippen molar-refractivity contribution >= 4 is 17.6 Å². The highest BCUT2D eigenvalue weighted by molar-refractivity contribution is 5.95. The Morgan fingerprint density at radius 1 is 1.07 bits per heavy atom. The first-order chi connectivity index (χ1) is 14.1. The van der Waals surface area contributed by atoms with E-state index in [1.807, 2.05) is 32.0 Å². The molecule has 0 fully saturated rings. The summed E-state index contributed by atoms with van der Waals surface area (Å²) in [7, 11) is 0. The summed E-state index contributed by atoms with van der Waals surface area (Å²) in [5.74, 6) is 0.667. The Morgan fingerprint density at radius 3 is 2.48 bits per heavy atom. The van der Waals surface area contributed by atoms with Crippen molar-refractivity contribution in [3.63, 3.8) is 0 Å². The van der Waals surface area contributed by atoms with Gasteiger partial charge >= 0.3 is 6.03 Å². The standard InChI is InChI=1S/C21H24N6O2/c1-3-26(4-2)20(28)17-6-8-18(9-7-17)25-21(29)23-15-16-10-12-22-19(14-16)27-13-5-11-24-27/h5-14H,3-4,15H2,1-2H3,(H2,23,25,29). The van der Waals surface area contributed by atoms with Crippen molar-refractivity contribution in [2.75, 3.05) is 18.4 Å². The molecular formula is C21H24N6O2. The number of nitrogens with zero attached hydrogens (tertiary/aromatic N) is 4. The first-order valence-electron chi connectivity index (χ1n) is 9.49. The van der Waals surface area contributed by atoms with Gasteiger partial charge in [-0.05, 0) is 61.9 Å². The summed E-state index contributed by atoms with van der Waals surface area (Å²) >= 11 is 0. The number of hydrogen-bond acceptors (Lipinski definition) is 4. The summed E-state index contributed by atoms with van der Waals surface area (Å²) in [5, 5.41) is 9.73. The minimum Gasteiger partial charge on any atom is -0.339 e. The smallest absolute Gasteiger partial charge is 0.319 e. The second-order valence-electron chi connectivity index (χ2n) is 6.34. The molecule has 29 heavy (non-hydrogen) atoms. The van der Waals surface area contributed by atoms with Gasteiger partial charge in [-0.15, -0.1) is 0 Å². The van der Waals surface area contributed by atoms with Gasteiger partial charge in [-0.2, -0.15) is 5.10 Å². The fourth-order valence-corrected chi connectivity index (χ4v) is 2.85. The third-order valence-corrected chi connectivity index (χ3v) is 4.44. The molecule has 150 valence electrons. The van der Waals surface area contributed by atoms with Crippen LogP contribution in [0, 0.1) is 0 Å². The minimum absolute atomic E-state index is 0.0170. The summed E-state index contributed by atoms with van der Waals surface area (Å²) in [6.45, 7) is 5.57. The first kappa shape index (κ1) is 20.1.